The van der Waals surface area contributed by atoms with Crippen molar-refractivity contribution >= 4 is 34.6 Å². The van der Waals surface area contributed by atoms with Gasteiger partial charge in [0.05, 0.1) is 16.4 Å². The molecule has 0 saturated heterocycles. The first-order valence-corrected chi connectivity index (χ1v) is 5.95. The molecule has 0 heterocycles. The maximum atomic E-state index is 6.06. The monoisotopic (exact) mass is 266 g/mol. The zero-order valence-electron chi connectivity index (χ0n) is 9.08. The summed E-state index contributed by atoms with van der Waals surface area (Å²) in [6, 6.07) is 13.1. The third-order valence-corrected chi connectivity index (χ3v) is 3.00. The second-order valence-electron chi connectivity index (χ2n) is 3.68. The van der Waals surface area contributed by atoms with E-state index in [-0.39, 0.29) is 0 Å². The molecule has 4 heteroatoms. The number of halogens is 2. The highest BCUT2D eigenvalue weighted by molar-refractivity contribution is 6.33. The Labute approximate surface area is 110 Å². The highest BCUT2D eigenvalue weighted by Crippen LogP contribution is 2.28. The van der Waals surface area contributed by atoms with Gasteiger partial charge >= 0.3 is 0 Å². The fraction of sp³-hybridized carbons (Fsp3) is 0.0769. The number of nitrogens with one attached hydrogen (secondary N) is 1. The molecule has 88 valence electrons. The molecule has 0 spiro atoms. The largest absolute Gasteiger partial charge is 0.397 e. The quantitative estimate of drug-likeness (QED) is 0.818. The first-order chi connectivity index (χ1) is 8.16. The smallest absolute Gasteiger partial charge is 0.0765 e. The van der Waals surface area contributed by atoms with Crippen molar-refractivity contribution in [3.8, 4) is 0 Å². The Kier molecular flexibility index (Phi) is 3.77. The van der Waals surface area contributed by atoms with Crippen molar-refractivity contribution in [1.29, 1.82) is 0 Å². The van der Waals surface area contributed by atoms with Gasteiger partial charge in [0.25, 0.3) is 0 Å². The van der Waals surface area contributed by atoms with Gasteiger partial charge in [0.15, 0.2) is 0 Å². The molecule has 0 saturated carbocycles. The Balaban J connectivity index is 2.10. The molecule has 0 radical (unpaired) electrons. The van der Waals surface area contributed by atoms with E-state index in [9.17, 15) is 0 Å². The topological polar surface area (TPSA) is 38.0 Å². The maximum absolute atomic E-state index is 6.06. The van der Waals surface area contributed by atoms with Crippen LogP contribution < -0.4 is 11.1 Å². The molecule has 3 N–H and O–H groups in total. The molecule has 0 aliphatic heterocycles. The van der Waals surface area contributed by atoms with Crippen LogP contribution in [-0.2, 0) is 6.54 Å². The molecule has 0 bridgehead atoms. The zero-order chi connectivity index (χ0) is 12.3. The maximum Gasteiger partial charge on any atom is 0.0765 e. The van der Waals surface area contributed by atoms with Crippen LogP contribution in [0.4, 0.5) is 11.4 Å². The number of benzene rings is 2. The van der Waals surface area contributed by atoms with Gasteiger partial charge in [-0.05, 0) is 29.8 Å². The van der Waals surface area contributed by atoms with Gasteiger partial charge in [-0.15, -0.1) is 0 Å². The van der Waals surface area contributed by atoms with Crippen molar-refractivity contribution < 1.29 is 0 Å². The summed E-state index contributed by atoms with van der Waals surface area (Å²) in [7, 11) is 0. The van der Waals surface area contributed by atoms with E-state index in [4.69, 9.17) is 28.9 Å². The van der Waals surface area contributed by atoms with Gasteiger partial charge in [-0.1, -0.05) is 41.4 Å². The standard InChI is InChI=1S/C13H12Cl2N2/c14-10-6-4-9(5-7-10)8-17-13-11(15)2-1-3-12(13)16/h1-7,17H,8,16H2. The zero-order valence-corrected chi connectivity index (χ0v) is 10.6. The fourth-order valence-corrected chi connectivity index (χ4v) is 1.89. The Morgan fingerprint density at radius 2 is 1.71 bits per heavy atom. The molecular weight excluding hydrogens is 255 g/mol. The van der Waals surface area contributed by atoms with Gasteiger partial charge in [0, 0.05) is 11.6 Å². The highest BCUT2D eigenvalue weighted by atomic mass is 35.5. The van der Waals surface area contributed by atoms with Gasteiger partial charge in [0.2, 0.25) is 0 Å². The third kappa shape index (κ3) is 3.05. The molecule has 0 aliphatic rings. The Morgan fingerprint density at radius 3 is 2.35 bits per heavy atom. The number of rotatable bonds is 3. The van der Waals surface area contributed by atoms with Crippen molar-refractivity contribution in [2.45, 2.75) is 6.54 Å². The van der Waals surface area contributed by atoms with Crippen molar-refractivity contribution in [3.05, 3.63) is 58.1 Å². The Morgan fingerprint density at radius 1 is 1.00 bits per heavy atom. The van der Waals surface area contributed by atoms with E-state index in [2.05, 4.69) is 5.32 Å². The second kappa shape index (κ2) is 5.30. The number of nitrogen functional groups attached to an aromatic ring is 1. The summed E-state index contributed by atoms with van der Waals surface area (Å²) in [5.41, 5.74) is 8.37. The molecule has 0 aromatic heterocycles. The van der Waals surface area contributed by atoms with E-state index in [1.807, 2.05) is 42.5 Å². The lowest BCUT2D eigenvalue weighted by Crippen LogP contribution is -2.02. The SMILES string of the molecule is Nc1cccc(Cl)c1NCc1ccc(Cl)cc1. The van der Waals surface area contributed by atoms with Crippen LogP contribution in [0.15, 0.2) is 42.5 Å². The minimum atomic E-state index is 0.624. The first kappa shape index (κ1) is 12.1. The van der Waals surface area contributed by atoms with Crippen molar-refractivity contribution in [2.24, 2.45) is 0 Å². The summed E-state index contributed by atoms with van der Waals surface area (Å²) in [4.78, 5) is 0. The van der Waals surface area contributed by atoms with Crippen LogP contribution in [0.2, 0.25) is 10.0 Å². The summed E-state index contributed by atoms with van der Waals surface area (Å²) >= 11 is 11.9. The normalized spacial score (nSPS) is 10.2. The van der Waals surface area contributed by atoms with Crippen molar-refractivity contribution in [3.63, 3.8) is 0 Å². The Bertz CT molecular complexity index is 489. The summed E-state index contributed by atoms with van der Waals surface area (Å²) in [6.45, 7) is 0.658. The number of nitrogens with two attached hydrogens (primary N) is 1. The molecule has 0 aliphatic carbocycles. The van der Waals surface area contributed by atoms with E-state index >= 15 is 0 Å². The lowest BCUT2D eigenvalue weighted by atomic mass is 10.2. The van der Waals surface area contributed by atoms with E-state index in [1.165, 1.54) is 0 Å². The molecule has 2 aromatic carbocycles. The van der Waals surface area contributed by atoms with Crippen LogP contribution in [0.1, 0.15) is 5.56 Å². The van der Waals surface area contributed by atoms with E-state index in [0.29, 0.717) is 17.3 Å². The lowest BCUT2D eigenvalue weighted by Gasteiger charge is -2.11. The van der Waals surface area contributed by atoms with Crippen LogP contribution in [-0.4, -0.2) is 0 Å². The second-order valence-corrected chi connectivity index (χ2v) is 4.53. The Hall–Kier alpha value is -1.38. The lowest BCUT2D eigenvalue weighted by molar-refractivity contribution is 1.15. The first-order valence-electron chi connectivity index (χ1n) is 5.19. The van der Waals surface area contributed by atoms with Crippen LogP contribution in [0.25, 0.3) is 0 Å². The highest BCUT2D eigenvalue weighted by Gasteiger charge is 2.03. The van der Waals surface area contributed by atoms with E-state index in [0.717, 1.165) is 16.3 Å². The minimum Gasteiger partial charge on any atom is -0.397 e. The van der Waals surface area contributed by atoms with Crippen LogP contribution in [0, 0.1) is 0 Å². The molecule has 0 fully saturated rings. The molecule has 17 heavy (non-hydrogen) atoms. The average molecular weight is 267 g/mol. The molecule has 2 rings (SSSR count). The van der Waals surface area contributed by atoms with Gasteiger partial charge < -0.3 is 11.1 Å². The predicted octanol–water partition coefficient (Wildman–Crippen LogP) is 4.19. The van der Waals surface area contributed by atoms with E-state index < -0.39 is 0 Å². The van der Waals surface area contributed by atoms with E-state index in [1.54, 1.807) is 0 Å². The van der Waals surface area contributed by atoms with Gasteiger partial charge in [-0.25, -0.2) is 0 Å². The average Bonchev–Trinajstić information content (AvgIpc) is 2.31. The summed E-state index contributed by atoms with van der Waals surface area (Å²) in [5, 5.41) is 4.57. The van der Waals surface area contributed by atoms with Crippen molar-refractivity contribution in [2.75, 3.05) is 11.1 Å². The summed E-state index contributed by atoms with van der Waals surface area (Å²) in [6.07, 6.45) is 0. The van der Waals surface area contributed by atoms with Gasteiger partial charge in [-0.2, -0.15) is 0 Å². The molecule has 0 unspecified atom stereocenters. The molecule has 2 nitrogen and oxygen atoms in total. The fourth-order valence-electron chi connectivity index (χ4n) is 1.52. The van der Waals surface area contributed by atoms with Crippen LogP contribution in [0.3, 0.4) is 0 Å². The number of hydrogen-bond donors (Lipinski definition) is 2. The summed E-state index contributed by atoms with van der Waals surface area (Å²) < 4.78 is 0. The van der Waals surface area contributed by atoms with Crippen LogP contribution in [0.5, 0.6) is 0 Å². The molecule has 0 amide bonds. The number of hydrogen-bond acceptors (Lipinski definition) is 2. The van der Waals surface area contributed by atoms with Gasteiger partial charge in [-0.3, -0.25) is 0 Å². The number of anilines is 2. The molecule has 0 atom stereocenters. The van der Waals surface area contributed by atoms with Crippen LogP contribution >= 0.6 is 23.2 Å². The molecular formula is C13H12Cl2N2. The molecule has 2 aromatic rings. The van der Waals surface area contributed by atoms with Crippen molar-refractivity contribution in [1.82, 2.24) is 0 Å². The third-order valence-electron chi connectivity index (χ3n) is 2.43. The van der Waals surface area contributed by atoms with Gasteiger partial charge in [0.1, 0.15) is 0 Å². The summed E-state index contributed by atoms with van der Waals surface area (Å²) in [5.74, 6) is 0. The predicted molar refractivity (Wildman–Crippen MR) is 74.6 cm³/mol. The minimum absolute atomic E-state index is 0.624. The number of para-hydroxylation sites is 1.